The monoisotopic (exact) mass is 470 g/mol. The molecule has 0 fully saturated rings. The van der Waals surface area contributed by atoms with Crippen molar-refractivity contribution in [3.8, 4) is 22.3 Å². The second-order valence-corrected chi connectivity index (χ2v) is 9.58. The van der Waals surface area contributed by atoms with E-state index in [-0.39, 0.29) is 5.84 Å². The molecule has 0 saturated carbocycles. The third-order valence-electron chi connectivity index (χ3n) is 6.44. The van der Waals surface area contributed by atoms with Crippen molar-refractivity contribution in [2.75, 3.05) is 0 Å². The van der Waals surface area contributed by atoms with Crippen molar-refractivity contribution in [3.05, 3.63) is 108 Å². The molecule has 0 spiro atoms. The van der Waals surface area contributed by atoms with Gasteiger partial charge in [-0.3, -0.25) is 5.41 Å². The van der Waals surface area contributed by atoms with Gasteiger partial charge in [-0.15, -0.1) is 11.3 Å². The minimum Gasteiger partial charge on any atom is -0.457 e. The topological polar surface area (TPSA) is 63.0 Å². The zero-order valence-corrected chi connectivity index (χ0v) is 19.8. The fraction of sp³-hybridized carbons (Fsp3) is 0. The predicted octanol–water partition coefficient (Wildman–Crippen LogP) is 6.82. The first-order valence-corrected chi connectivity index (χ1v) is 12.1. The Morgan fingerprint density at radius 3 is 2.37 bits per heavy atom. The molecule has 0 aliphatic carbocycles. The zero-order chi connectivity index (χ0) is 24.1. The number of hydrogen-bond donors (Lipinski definition) is 2. The van der Waals surface area contributed by atoms with Gasteiger partial charge in [0.05, 0.1) is 0 Å². The van der Waals surface area contributed by atoms with E-state index in [1.807, 2.05) is 23.5 Å². The lowest BCUT2D eigenvalue weighted by atomic mass is 9.96. The molecule has 0 unspecified atom stereocenters. The van der Waals surface area contributed by atoms with Crippen molar-refractivity contribution in [1.29, 1.82) is 5.41 Å². The van der Waals surface area contributed by atoms with Crippen LogP contribution in [0.5, 0.6) is 0 Å². The summed E-state index contributed by atoms with van der Waals surface area (Å²) in [7, 11) is 0. The van der Waals surface area contributed by atoms with Gasteiger partial charge in [0.1, 0.15) is 16.8 Å². The number of nitrogens with two attached hydrogens (primary N) is 1. The molecule has 2 heterocycles. The highest BCUT2D eigenvalue weighted by Gasteiger charge is 2.14. The first kappa shape index (κ1) is 21.1. The summed E-state index contributed by atoms with van der Waals surface area (Å²) in [5.41, 5.74) is 12.2. The number of hydrogen-bond acceptors (Lipinski definition) is 3. The van der Waals surface area contributed by atoms with Crippen LogP contribution in [0.3, 0.4) is 0 Å². The molecule has 35 heavy (non-hydrogen) atoms. The molecule has 6 aromatic rings. The summed E-state index contributed by atoms with van der Waals surface area (Å²) < 4.78 is 8.41. The summed E-state index contributed by atoms with van der Waals surface area (Å²) in [4.78, 5) is 0. The summed E-state index contributed by atoms with van der Waals surface area (Å²) in [6.07, 6.45) is 1.59. The smallest absolute Gasteiger partial charge is 0.135 e. The Kier molecular flexibility index (Phi) is 4.90. The lowest BCUT2D eigenvalue weighted by Crippen LogP contribution is -2.27. The van der Waals surface area contributed by atoms with E-state index in [1.165, 1.54) is 31.3 Å². The van der Waals surface area contributed by atoms with Crippen molar-refractivity contribution in [2.24, 2.45) is 5.73 Å². The van der Waals surface area contributed by atoms with Gasteiger partial charge in [0, 0.05) is 36.4 Å². The van der Waals surface area contributed by atoms with E-state index in [2.05, 4.69) is 86.0 Å². The molecule has 0 aliphatic heterocycles. The van der Waals surface area contributed by atoms with E-state index in [9.17, 15) is 0 Å². The highest BCUT2D eigenvalue weighted by molar-refractivity contribution is 7.26. The summed E-state index contributed by atoms with van der Waals surface area (Å²) in [5.74, 6) is -0.0580. The number of fused-ring (bicyclic) bond motifs is 4. The molecule has 0 bridgehead atoms. The van der Waals surface area contributed by atoms with Crippen molar-refractivity contribution >= 4 is 60.5 Å². The number of furan rings is 1. The van der Waals surface area contributed by atoms with Crippen LogP contribution in [0.15, 0.2) is 102 Å². The Bertz CT molecular complexity index is 1910. The highest BCUT2D eigenvalue weighted by Crippen LogP contribution is 2.41. The molecule has 0 atom stereocenters. The van der Waals surface area contributed by atoms with Crippen LogP contribution in [0.25, 0.3) is 65.5 Å². The molecular formula is C31H22N2OS. The largest absolute Gasteiger partial charge is 0.457 e. The van der Waals surface area contributed by atoms with Crippen molar-refractivity contribution < 1.29 is 4.42 Å². The van der Waals surface area contributed by atoms with Crippen LogP contribution in [-0.4, -0.2) is 5.84 Å². The number of rotatable bonds is 4. The van der Waals surface area contributed by atoms with Gasteiger partial charge < -0.3 is 10.2 Å². The molecule has 3 nitrogen and oxygen atoms in total. The molecule has 0 amide bonds. The maximum Gasteiger partial charge on any atom is 0.135 e. The number of thiophene rings is 1. The minimum absolute atomic E-state index is 0.0580. The number of amidine groups is 1. The fourth-order valence-corrected chi connectivity index (χ4v) is 5.95. The molecule has 2 aromatic heterocycles. The van der Waals surface area contributed by atoms with Gasteiger partial charge >= 0.3 is 0 Å². The highest BCUT2D eigenvalue weighted by atomic mass is 32.1. The minimum atomic E-state index is -0.0580. The summed E-state index contributed by atoms with van der Waals surface area (Å²) >= 11 is 1.81. The molecule has 0 radical (unpaired) electrons. The molecule has 0 aliphatic rings. The van der Waals surface area contributed by atoms with Gasteiger partial charge in [-0.2, -0.15) is 0 Å². The normalized spacial score (nSPS) is 12.3. The molecule has 0 saturated heterocycles. The van der Waals surface area contributed by atoms with Crippen LogP contribution in [0, 0.1) is 5.41 Å². The predicted molar refractivity (Wildman–Crippen MR) is 150 cm³/mol. The van der Waals surface area contributed by atoms with E-state index >= 15 is 0 Å². The lowest BCUT2D eigenvalue weighted by Gasteiger charge is -2.07. The van der Waals surface area contributed by atoms with Crippen LogP contribution >= 0.6 is 11.3 Å². The summed E-state index contributed by atoms with van der Waals surface area (Å²) in [6.45, 7) is 7.89. The van der Waals surface area contributed by atoms with E-state index in [4.69, 9.17) is 15.6 Å². The van der Waals surface area contributed by atoms with Gasteiger partial charge in [0.2, 0.25) is 0 Å². The Morgan fingerprint density at radius 2 is 1.60 bits per heavy atom. The van der Waals surface area contributed by atoms with Crippen molar-refractivity contribution in [2.45, 2.75) is 0 Å². The summed E-state index contributed by atoms with van der Waals surface area (Å²) in [5, 5.41) is 12.1. The van der Waals surface area contributed by atoms with E-state index < -0.39 is 0 Å². The first-order valence-electron chi connectivity index (χ1n) is 11.3. The van der Waals surface area contributed by atoms with Crippen LogP contribution in [0.4, 0.5) is 0 Å². The van der Waals surface area contributed by atoms with Crippen LogP contribution in [-0.2, 0) is 0 Å². The van der Waals surface area contributed by atoms with Gasteiger partial charge in [-0.1, -0.05) is 73.8 Å². The average Bonchev–Trinajstić information content (AvgIpc) is 3.41. The molecule has 4 heteroatoms. The number of nitrogens with one attached hydrogen (secondary N) is 1. The van der Waals surface area contributed by atoms with Crippen molar-refractivity contribution in [3.63, 3.8) is 0 Å². The van der Waals surface area contributed by atoms with Gasteiger partial charge in [-0.25, -0.2) is 0 Å². The van der Waals surface area contributed by atoms with Crippen LogP contribution < -0.4 is 16.4 Å². The van der Waals surface area contributed by atoms with Gasteiger partial charge in [-0.05, 0) is 52.6 Å². The Morgan fingerprint density at radius 1 is 0.829 bits per heavy atom. The van der Waals surface area contributed by atoms with E-state index in [0.717, 1.165) is 21.7 Å². The SMILES string of the molecule is C=C/C(C(=N)N)=c1\c(=C)oc2ccc(-c3cccc4sc5ccc(-c6ccccc6)cc5c34)cc12. The lowest BCUT2D eigenvalue weighted by molar-refractivity contribution is 0.577. The summed E-state index contributed by atoms with van der Waals surface area (Å²) in [6, 6.07) is 29.8. The maximum atomic E-state index is 7.99. The third-order valence-corrected chi connectivity index (χ3v) is 7.57. The Labute approximate surface area is 206 Å². The molecule has 6 rings (SSSR count). The standard InChI is InChI=1S/C31H22N2OS/c1-3-22(31(32)33)29-18(2)34-26-14-12-21(17-24(26)29)23-10-7-11-28-30(23)25-16-20(13-15-27(25)35-28)19-8-5-4-6-9-19/h3-17H,1-2H2,(H3,32,33)/b29-22-. The van der Waals surface area contributed by atoms with Gasteiger partial charge in [0.15, 0.2) is 0 Å². The molecule has 3 N–H and O–H groups in total. The molecule has 4 aromatic carbocycles. The molecule has 168 valence electrons. The maximum absolute atomic E-state index is 7.99. The van der Waals surface area contributed by atoms with Crippen LogP contribution in [0.1, 0.15) is 0 Å². The fourth-order valence-electron chi connectivity index (χ4n) is 4.84. The van der Waals surface area contributed by atoms with Crippen LogP contribution in [0.2, 0.25) is 0 Å². The average molecular weight is 471 g/mol. The van der Waals surface area contributed by atoms with Gasteiger partial charge in [0.25, 0.3) is 0 Å². The second kappa shape index (κ2) is 8.12. The zero-order valence-electron chi connectivity index (χ0n) is 19.0. The van der Waals surface area contributed by atoms with Crippen molar-refractivity contribution in [1.82, 2.24) is 0 Å². The quantitative estimate of drug-likeness (QED) is 0.219. The van der Waals surface area contributed by atoms with E-state index in [1.54, 1.807) is 6.08 Å². The first-order chi connectivity index (χ1) is 17.0. The Hall–Kier alpha value is -4.41. The molecular weight excluding hydrogens is 448 g/mol. The number of benzene rings is 4. The Balaban J connectivity index is 1.65. The second-order valence-electron chi connectivity index (χ2n) is 8.50. The third kappa shape index (κ3) is 3.38. The van der Waals surface area contributed by atoms with E-state index in [0.29, 0.717) is 16.6 Å².